The fraction of sp³-hybridized carbons (Fsp3) is 0.533. The van der Waals surface area contributed by atoms with Gasteiger partial charge in [0.15, 0.2) is 0 Å². The molecule has 1 rings (SSSR count). The molecule has 0 heterocycles. The van der Waals surface area contributed by atoms with Crippen LogP contribution in [-0.4, -0.2) is 30.3 Å². The summed E-state index contributed by atoms with van der Waals surface area (Å²) in [7, 11) is 1.62. The molecule has 1 amide bonds. The van der Waals surface area contributed by atoms with Gasteiger partial charge in [0, 0.05) is 18.6 Å². The Bertz CT molecular complexity index is 460. The number of methoxy groups -OCH3 is 1. The topological polar surface area (TPSA) is 58.6 Å². The fourth-order valence-corrected chi connectivity index (χ4v) is 2.49. The first-order valence-electron chi connectivity index (χ1n) is 6.62. The van der Waals surface area contributed by atoms with E-state index >= 15 is 0 Å². The SMILES string of the molecule is COc1ccc(CCC(=O)NC(C)(C)CCO)cc1Br. The van der Waals surface area contributed by atoms with Gasteiger partial charge in [0.2, 0.25) is 5.91 Å². The average Bonchev–Trinajstić information content (AvgIpc) is 2.35. The number of carbonyl (C=O) groups excluding carboxylic acids is 1. The van der Waals surface area contributed by atoms with E-state index in [1.54, 1.807) is 7.11 Å². The van der Waals surface area contributed by atoms with Crippen molar-refractivity contribution in [2.75, 3.05) is 13.7 Å². The van der Waals surface area contributed by atoms with Crippen LogP contribution in [0, 0.1) is 0 Å². The Morgan fingerprint density at radius 2 is 2.15 bits per heavy atom. The zero-order valence-electron chi connectivity index (χ0n) is 12.2. The first-order valence-corrected chi connectivity index (χ1v) is 7.41. The maximum Gasteiger partial charge on any atom is 0.220 e. The number of halogens is 1. The van der Waals surface area contributed by atoms with Gasteiger partial charge in [-0.3, -0.25) is 4.79 Å². The molecule has 0 saturated carbocycles. The molecule has 0 aliphatic carbocycles. The summed E-state index contributed by atoms with van der Waals surface area (Å²) in [6.07, 6.45) is 1.64. The zero-order valence-corrected chi connectivity index (χ0v) is 13.8. The third kappa shape index (κ3) is 5.51. The minimum atomic E-state index is -0.369. The predicted octanol–water partition coefficient (Wildman–Crippen LogP) is 2.67. The van der Waals surface area contributed by atoms with Crippen LogP contribution in [0.2, 0.25) is 0 Å². The Morgan fingerprint density at radius 1 is 1.45 bits per heavy atom. The lowest BCUT2D eigenvalue weighted by atomic mass is 10.0. The zero-order chi connectivity index (χ0) is 15.2. The molecule has 0 fully saturated rings. The number of benzene rings is 1. The molecular weight excluding hydrogens is 322 g/mol. The van der Waals surface area contributed by atoms with E-state index in [1.807, 2.05) is 32.0 Å². The number of hydrogen-bond donors (Lipinski definition) is 2. The molecule has 0 spiro atoms. The van der Waals surface area contributed by atoms with Gasteiger partial charge < -0.3 is 15.2 Å². The molecule has 0 aliphatic rings. The van der Waals surface area contributed by atoms with Gasteiger partial charge in [-0.15, -0.1) is 0 Å². The molecule has 0 unspecified atom stereocenters. The van der Waals surface area contributed by atoms with E-state index in [2.05, 4.69) is 21.2 Å². The molecular formula is C15H22BrNO3. The summed E-state index contributed by atoms with van der Waals surface area (Å²) in [4.78, 5) is 11.9. The molecule has 5 heteroatoms. The lowest BCUT2D eigenvalue weighted by molar-refractivity contribution is -0.122. The van der Waals surface area contributed by atoms with Crippen LogP contribution in [0.3, 0.4) is 0 Å². The lowest BCUT2D eigenvalue weighted by Crippen LogP contribution is -2.44. The third-order valence-corrected chi connectivity index (χ3v) is 3.69. The highest BCUT2D eigenvalue weighted by atomic mass is 79.9. The van der Waals surface area contributed by atoms with Crippen LogP contribution in [0.25, 0.3) is 0 Å². The normalized spacial score (nSPS) is 11.2. The maximum atomic E-state index is 11.9. The molecule has 0 saturated heterocycles. The van der Waals surface area contributed by atoms with Crippen LogP contribution in [-0.2, 0) is 11.2 Å². The number of aliphatic hydroxyl groups is 1. The maximum absolute atomic E-state index is 11.9. The molecule has 20 heavy (non-hydrogen) atoms. The molecule has 0 aliphatic heterocycles. The first-order chi connectivity index (χ1) is 9.38. The van der Waals surface area contributed by atoms with Crippen molar-refractivity contribution >= 4 is 21.8 Å². The highest BCUT2D eigenvalue weighted by molar-refractivity contribution is 9.10. The molecule has 2 N–H and O–H groups in total. The summed E-state index contributed by atoms with van der Waals surface area (Å²) < 4.78 is 6.06. The lowest BCUT2D eigenvalue weighted by Gasteiger charge is -2.25. The Labute approximate surface area is 128 Å². The molecule has 4 nitrogen and oxygen atoms in total. The fourth-order valence-electron chi connectivity index (χ4n) is 1.91. The molecule has 1 aromatic rings. The third-order valence-electron chi connectivity index (χ3n) is 3.07. The monoisotopic (exact) mass is 343 g/mol. The van der Waals surface area contributed by atoms with Gasteiger partial charge in [0.05, 0.1) is 11.6 Å². The second-order valence-electron chi connectivity index (χ2n) is 5.37. The Balaban J connectivity index is 2.51. The van der Waals surface area contributed by atoms with Crippen LogP contribution in [0.1, 0.15) is 32.3 Å². The number of aryl methyl sites for hydroxylation is 1. The van der Waals surface area contributed by atoms with Gasteiger partial charge in [-0.1, -0.05) is 6.07 Å². The van der Waals surface area contributed by atoms with Crippen molar-refractivity contribution in [3.8, 4) is 5.75 Å². The van der Waals surface area contributed by atoms with Crippen molar-refractivity contribution in [1.82, 2.24) is 5.32 Å². The number of carbonyl (C=O) groups is 1. The summed E-state index contributed by atoms with van der Waals surface area (Å²) in [5.74, 6) is 0.776. The van der Waals surface area contributed by atoms with Crippen LogP contribution < -0.4 is 10.1 Å². The van der Waals surface area contributed by atoms with Crippen LogP contribution in [0.5, 0.6) is 5.75 Å². The van der Waals surface area contributed by atoms with Crippen molar-refractivity contribution in [2.24, 2.45) is 0 Å². The van der Waals surface area contributed by atoms with E-state index in [0.29, 0.717) is 19.3 Å². The van der Waals surface area contributed by atoms with E-state index in [0.717, 1.165) is 15.8 Å². The van der Waals surface area contributed by atoms with Gasteiger partial charge in [0.1, 0.15) is 5.75 Å². The van der Waals surface area contributed by atoms with Gasteiger partial charge in [-0.25, -0.2) is 0 Å². The second kappa shape index (κ2) is 7.64. The van der Waals surface area contributed by atoms with Crippen molar-refractivity contribution in [2.45, 2.75) is 38.6 Å². The summed E-state index contributed by atoms with van der Waals surface area (Å²) in [6, 6.07) is 5.80. The summed E-state index contributed by atoms with van der Waals surface area (Å²) >= 11 is 3.43. The number of hydrogen-bond acceptors (Lipinski definition) is 3. The highest BCUT2D eigenvalue weighted by Gasteiger charge is 2.19. The number of ether oxygens (including phenoxy) is 1. The molecule has 0 bridgehead atoms. The van der Waals surface area contributed by atoms with E-state index in [4.69, 9.17) is 9.84 Å². The Hall–Kier alpha value is -1.07. The van der Waals surface area contributed by atoms with Crippen molar-refractivity contribution < 1.29 is 14.6 Å². The second-order valence-corrected chi connectivity index (χ2v) is 6.23. The van der Waals surface area contributed by atoms with E-state index in [-0.39, 0.29) is 18.1 Å². The number of nitrogens with one attached hydrogen (secondary N) is 1. The quantitative estimate of drug-likeness (QED) is 0.800. The van der Waals surface area contributed by atoms with Gasteiger partial charge in [-0.2, -0.15) is 0 Å². The minimum Gasteiger partial charge on any atom is -0.496 e. The molecule has 0 atom stereocenters. The Morgan fingerprint density at radius 3 is 2.70 bits per heavy atom. The smallest absolute Gasteiger partial charge is 0.220 e. The van der Waals surface area contributed by atoms with Gasteiger partial charge >= 0.3 is 0 Å². The summed E-state index contributed by atoms with van der Waals surface area (Å²) in [5.41, 5.74) is 0.708. The van der Waals surface area contributed by atoms with Gasteiger partial charge in [-0.05, 0) is 60.3 Å². The standard InChI is InChI=1S/C15H22BrNO3/c1-15(2,8-9-18)17-14(19)7-5-11-4-6-13(20-3)12(16)10-11/h4,6,10,18H,5,7-9H2,1-3H3,(H,17,19). The Kier molecular flexibility index (Phi) is 6.49. The van der Waals surface area contributed by atoms with Crippen LogP contribution in [0.15, 0.2) is 22.7 Å². The number of aliphatic hydroxyl groups excluding tert-OH is 1. The summed E-state index contributed by atoms with van der Waals surface area (Å²) in [5, 5.41) is 11.9. The van der Waals surface area contributed by atoms with Gasteiger partial charge in [0.25, 0.3) is 0 Å². The largest absolute Gasteiger partial charge is 0.496 e. The highest BCUT2D eigenvalue weighted by Crippen LogP contribution is 2.26. The number of rotatable bonds is 7. The van der Waals surface area contributed by atoms with Crippen LogP contribution >= 0.6 is 15.9 Å². The van der Waals surface area contributed by atoms with Crippen molar-refractivity contribution in [1.29, 1.82) is 0 Å². The number of amides is 1. The molecule has 1 aromatic carbocycles. The first kappa shape index (κ1) is 17.0. The summed E-state index contributed by atoms with van der Waals surface area (Å²) in [6.45, 7) is 3.88. The van der Waals surface area contributed by atoms with E-state index in [1.165, 1.54) is 0 Å². The van der Waals surface area contributed by atoms with E-state index < -0.39 is 0 Å². The predicted molar refractivity (Wildman–Crippen MR) is 82.9 cm³/mol. The molecule has 0 radical (unpaired) electrons. The average molecular weight is 344 g/mol. The molecule has 0 aromatic heterocycles. The van der Waals surface area contributed by atoms with Crippen LogP contribution in [0.4, 0.5) is 0 Å². The van der Waals surface area contributed by atoms with Crippen molar-refractivity contribution in [3.63, 3.8) is 0 Å². The molecule has 112 valence electrons. The van der Waals surface area contributed by atoms with E-state index in [9.17, 15) is 4.79 Å². The van der Waals surface area contributed by atoms with Crippen molar-refractivity contribution in [3.05, 3.63) is 28.2 Å². The minimum absolute atomic E-state index is 0.00427.